The molecule has 1 aliphatic heterocycles. The van der Waals surface area contributed by atoms with Crippen molar-refractivity contribution in [2.45, 2.75) is 0 Å². The molecule has 2 nitrogen and oxygen atoms in total. The maximum atomic E-state index is 4.69. The molecule has 0 aromatic carbocycles. The topological polar surface area (TPSA) is 18.5 Å². The molecule has 0 aliphatic carbocycles. The first kappa shape index (κ1) is 9.09. The Hall–Kier alpha value is 1.00. The molecule has 0 saturated heterocycles. The molecule has 0 radical (unpaired) electrons. The van der Waals surface area contributed by atoms with Gasteiger partial charge in [-0.3, -0.25) is 9.78 Å². The standard InChI is InChI=1S/C4Br4O2/c5-1-2(6)4(8)10-9-3(1)7. The van der Waals surface area contributed by atoms with E-state index in [9.17, 15) is 0 Å². The molecule has 6 heteroatoms. The van der Waals surface area contributed by atoms with E-state index in [1.165, 1.54) is 0 Å². The second-order valence-electron chi connectivity index (χ2n) is 1.34. The third-order valence-electron chi connectivity index (χ3n) is 0.726. The third-order valence-corrected chi connectivity index (χ3v) is 4.89. The van der Waals surface area contributed by atoms with Gasteiger partial charge in [-0.25, -0.2) is 0 Å². The minimum atomic E-state index is 0.502. The molecule has 0 aromatic rings. The van der Waals surface area contributed by atoms with E-state index in [1.807, 2.05) is 0 Å². The molecule has 0 amide bonds. The lowest BCUT2D eigenvalue weighted by Gasteiger charge is -2.12. The summed E-state index contributed by atoms with van der Waals surface area (Å²) in [6.07, 6.45) is 0. The lowest BCUT2D eigenvalue weighted by Crippen LogP contribution is -1.97. The highest BCUT2D eigenvalue weighted by Gasteiger charge is 2.18. The lowest BCUT2D eigenvalue weighted by atomic mass is 10.6. The van der Waals surface area contributed by atoms with Crippen LogP contribution in [-0.4, -0.2) is 0 Å². The van der Waals surface area contributed by atoms with Crippen LogP contribution in [0.5, 0.6) is 0 Å². The Kier molecular flexibility index (Phi) is 3.27. The van der Waals surface area contributed by atoms with Crippen LogP contribution in [0.25, 0.3) is 0 Å². The first-order chi connectivity index (χ1) is 4.63. The molecule has 0 bridgehead atoms. The Morgan fingerprint density at radius 3 is 1.30 bits per heavy atom. The van der Waals surface area contributed by atoms with Crippen LogP contribution < -0.4 is 0 Å². The summed E-state index contributed by atoms with van der Waals surface area (Å²) in [6, 6.07) is 0. The molecule has 1 heterocycles. The molecule has 56 valence electrons. The highest BCUT2D eigenvalue weighted by Crippen LogP contribution is 2.38. The van der Waals surface area contributed by atoms with Crippen molar-refractivity contribution in [2.75, 3.05) is 0 Å². The summed E-state index contributed by atoms with van der Waals surface area (Å²) in [5.41, 5.74) is 0. The van der Waals surface area contributed by atoms with Crippen molar-refractivity contribution < 1.29 is 9.78 Å². The summed E-state index contributed by atoms with van der Waals surface area (Å²) in [5, 5.41) is 0. The van der Waals surface area contributed by atoms with Gasteiger partial charge in [-0.2, -0.15) is 0 Å². The molecule has 1 aliphatic rings. The van der Waals surface area contributed by atoms with Gasteiger partial charge in [-0.1, -0.05) is 0 Å². The van der Waals surface area contributed by atoms with Crippen molar-refractivity contribution in [3.8, 4) is 0 Å². The zero-order valence-corrected chi connectivity index (χ0v) is 10.7. The SMILES string of the molecule is BrC1=C(Br)C(Br)=C(Br)OO1. The molecule has 1 rings (SSSR count). The summed E-state index contributed by atoms with van der Waals surface area (Å²) in [6.45, 7) is 0. The molecular formula is C4Br4O2. The molecule has 0 unspecified atom stereocenters. The molecule has 0 aromatic heterocycles. The molecule has 0 N–H and O–H groups in total. The molecule has 0 spiro atoms. The number of hydrogen-bond acceptors (Lipinski definition) is 2. The van der Waals surface area contributed by atoms with Crippen molar-refractivity contribution in [3.05, 3.63) is 18.3 Å². The Labute approximate surface area is 91.1 Å². The highest BCUT2D eigenvalue weighted by atomic mass is 79.9. The van der Waals surface area contributed by atoms with Crippen LogP contribution in [0.15, 0.2) is 18.3 Å². The average molecular weight is 400 g/mol. The number of allylic oxidation sites excluding steroid dienone is 2. The van der Waals surface area contributed by atoms with Gasteiger partial charge in [-0.05, 0) is 63.7 Å². The van der Waals surface area contributed by atoms with Crippen LogP contribution in [-0.2, 0) is 9.78 Å². The first-order valence-corrected chi connectivity index (χ1v) is 5.25. The summed E-state index contributed by atoms with van der Waals surface area (Å²) in [7, 11) is 0. The first-order valence-electron chi connectivity index (χ1n) is 2.08. The van der Waals surface area contributed by atoms with Gasteiger partial charge >= 0.3 is 0 Å². The Balaban J connectivity index is 3.01. The summed E-state index contributed by atoms with van der Waals surface area (Å²) < 4.78 is 2.54. The van der Waals surface area contributed by atoms with Crippen molar-refractivity contribution in [1.29, 1.82) is 0 Å². The van der Waals surface area contributed by atoms with Gasteiger partial charge in [0.25, 0.3) is 0 Å². The number of rotatable bonds is 0. The molecule has 0 fully saturated rings. The normalized spacial score (nSPS) is 18.8. The molecular weight excluding hydrogens is 400 g/mol. The van der Waals surface area contributed by atoms with Crippen molar-refractivity contribution in [2.24, 2.45) is 0 Å². The van der Waals surface area contributed by atoms with E-state index >= 15 is 0 Å². The van der Waals surface area contributed by atoms with E-state index in [4.69, 9.17) is 0 Å². The van der Waals surface area contributed by atoms with Crippen molar-refractivity contribution in [1.82, 2.24) is 0 Å². The van der Waals surface area contributed by atoms with Gasteiger partial charge in [0.15, 0.2) is 0 Å². The second-order valence-corrected chi connectivity index (χ2v) is 4.37. The zero-order valence-electron chi connectivity index (χ0n) is 4.33. The summed E-state index contributed by atoms with van der Waals surface area (Å²) >= 11 is 12.7. The Morgan fingerprint density at radius 1 is 0.700 bits per heavy atom. The quantitative estimate of drug-likeness (QED) is 0.576. The van der Waals surface area contributed by atoms with Crippen LogP contribution in [0.3, 0.4) is 0 Å². The maximum Gasteiger partial charge on any atom is 0.236 e. The summed E-state index contributed by atoms with van der Waals surface area (Å²) in [4.78, 5) is 9.37. The maximum absolute atomic E-state index is 4.69. The predicted octanol–water partition coefficient (Wildman–Crippen LogP) is 3.87. The highest BCUT2D eigenvalue weighted by molar-refractivity contribution is 9.17. The van der Waals surface area contributed by atoms with Gasteiger partial charge in [0.1, 0.15) is 0 Å². The van der Waals surface area contributed by atoms with E-state index in [2.05, 4.69) is 73.5 Å². The average Bonchev–Trinajstić information content (AvgIpc) is 1.93. The van der Waals surface area contributed by atoms with E-state index in [0.717, 1.165) is 8.96 Å². The van der Waals surface area contributed by atoms with Crippen molar-refractivity contribution in [3.63, 3.8) is 0 Å². The van der Waals surface area contributed by atoms with Gasteiger partial charge < -0.3 is 0 Å². The monoisotopic (exact) mass is 396 g/mol. The van der Waals surface area contributed by atoms with Gasteiger partial charge in [0.2, 0.25) is 9.34 Å². The van der Waals surface area contributed by atoms with E-state index < -0.39 is 0 Å². The number of hydrogen-bond donors (Lipinski definition) is 0. The van der Waals surface area contributed by atoms with Crippen LogP contribution in [0.1, 0.15) is 0 Å². The minimum absolute atomic E-state index is 0.502. The fraction of sp³-hybridized carbons (Fsp3) is 0. The fourth-order valence-electron chi connectivity index (χ4n) is 0.319. The van der Waals surface area contributed by atoms with Crippen LogP contribution >= 0.6 is 63.7 Å². The van der Waals surface area contributed by atoms with Crippen LogP contribution in [0, 0.1) is 0 Å². The lowest BCUT2D eigenvalue weighted by molar-refractivity contribution is -0.207. The molecule has 10 heavy (non-hydrogen) atoms. The Morgan fingerprint density at radius 2 is 1.00 bits per heavy atom. The fourth-order valence-corrected chi connectivity index (χ4v) is 1.87. The van der Waals surface area contributed by atoms with Crippen LogP contribution in [0.4, 0.5) is 0 Å². The van der Waals surface area contributed by atoms with E-state index in [0.29, 0.717) is 9.34 Å². The second kappa shape index (κ2) is 3.60. The smallest absolute Gasteiger partial charge is 0.236 e. The molecule has 0 saturated carbocycles. The third kappa shape index (κ3) is 1.78. The molecule has 0 atom stereocenters. The van der Waals surface area contributed by atoms with Crippen molar-refractivity contribution >= 4 is 63.7 Å². The van der Waals surface area contributed by atoms with E-state index in [1.54, 1.807) is 0 Å². The van der Waals surface area contributed by atoms with Crippen LogP contribution in [0.2, 0.25) is 0 Å². The largest absolute Gasteiger partial charge is 0.280 e. The predicted molar refractivity (Wildman–Crippen MR) is 51.9 cm³/mol. The van der Waals surface area contributed by atoms with Gasteiger partial charge in [-0.15, -0.1) is 0 Å². The number of halogens is 4. The van der Waals surface area contributed by atoms with Gasteiger partial charge in [0, 0.05) is 0 Å². The zero-order chi connectivity index (χ0) is 7.72. The summed E-state index contributed by atoms with van der Waals surface area (Å²) in [5.74, 6) is 0. The Bertz CT molecular complexity index is 195. The van der Waals surface area contributed by atoms with Gasteiger partial charge in [0.05, 0.1) is 8.96 Å². The van der Waals surface area contributed by atoms with E-state index in [-0.39, 0.29) is 0 Å². The minimum Gasteiger partial charge on any atom is -0.280 e.